The second-order valence-corrected chi connectivity index (χ2v) is 17.9. The molecule has 0 amide bonds. The Labute approximate surface area is 397 Å². The third-order valence-electron chi connectivity index (χ3n) is 14.2. The van der Waals surface area contributed by atoms with Crippen molar-refractivity contribution in [2.45, 2.75) is 18.3 Å². The lowest BCUT2D eigenvalue weighted by atomic mass is 9.66. The Morgan fingerprint density at radius 2 is 0.882 bits per heavy atom. The van der Waals surface area contributed by atoms with Gasteiger partial charge in [0.1, 0.15) is 11.5 Å². The smallest absolute Gasteiger partial charge is 0.132 e. The number of hydrogen-bond donors (Lipinski definition) is 0. The van der Waals surface area contributed by atoms with Gasteiger partial charge in [0, 0.05) is 45.0 Å². The SMILES string of the molecule is C1=CCCC(N(c2ccc(-c3ccccc3)cc2)c2ccc3c(c2)C2(c4ccccc4Oc4ccccc42)c2cc(N(c4ccccc4)c4ccc(-c5ccccc5)cc4)c4ccccc4c2-3)=C1. The van der Waals surface area contributed by atoms with E-state index in [-0.39, 0.29) is 0 Å². The molecule has 0 aromatic heterocycles. The zero-order valence-electron chi connectivity index (χ0n) is 37.5. The van der Waals surface area contributed by atoms with Crippen LogP contribution in [-0.4, -0.2) is 0 Å². The molecule has 3 nitrogen and oxygen atoms in total. The van der Waals surface area contributed by atoms with E-state index in [9.17, 15) is 0 Å². The monoisotopic (exact) mass is 870 g/mol. The fourth-order valence-corrected chi connectivity index (χ4v) is 11.2. The second-order valence-electron chi connectivity index (χ2n) is 17.9. The zero-order valence-corrected chi connectivity index (χ0v) is 37.5. The molecule has 3 aliphatic rings. The summed E-state index contributed by atoms with van der Waals surface area (Å²) in [6.07, 6.45) is 8.69. The van der Waals surface area contributed by atoms with Crippen molar-refractivity contribution in [2.24, 2.45) is 0 Å². The normalized spacial score (nSPS) is 13.7. The number of rotatable bonds is 8. The molecule has 0 atom stereocenters. The number of hydrogen-bond acceptors (Lipinski definition) is 3. The van der Waals surface area contributed by atoms with Gasteiger partial charge < -0.3 is 14.5 Å². The highest BCUT2D eigenvalue weighted by molar-refractivity contribution is 6.11. The summed E-state index contributed by atoms with van der Waals surface area (Å²) in [6, 6.07) is 86.3. The molecule has 0 saturated heterocycles. The van der Waals surface area contributed by atoms with Crippen LogP contribution >= 0.6 is 0 Å². The third kappa shape index (κ3) is 6.35. The Morgan fingerprint density at radius 3 is 1.49 bits per heavy atom. The second kappa shape index (κ2) is 16.3. The molecule has 10 aromatic rings. The van der Waals surface area contributed by atoms with Gasteiger partial charge in [-0.1, -0.05) is 182 Å². The number of fused-ring (bicyclic) bond motifs is 11. The fraction of sp³-hybridized carbons (Fsp3) is 0.0462. The predicted molar refractivity (Wildman–Crippen MR) is 282 cm³/mol. The van der Waals surface area contributed by atoms with Crippen molar-refractivity contribution >= 4 is 39.2 Å². The average molecular weight is 871 g/mol. The van der Waals surface area contributed by atoms with Gasteiger partial charge in [-0.25, -0.2) is 0 Å². The molecule has 0 unspecified atom stereocenters. The largest absolute Gasteiger partial charge is 0.457 e. The highest BCUT2D eigenvalue weighted by atomic mass is 16.5. The summed E-state index contributed by atoms with van der Waals surface area (Å²) >= 11 is 0. The van der Waals surface area contributed by atoms with Crippen LogP contribution in [0.25, 0.3) is 44.2 Å². The summed E-state index contributed by atoms with van der Waals surface area (Å²) in [5, 5.41) is 2.39. The molecular formula is C65H46N2O. The topological polar surface area (TPSA) is 15.7 Å². The van der Waals surface area contributed by atoms with E-state index in [0.29, 0.717) is 0 Å². The Morgan fingerprint density at radius 1 is 0.382 bits per heavy atom. The molecule has 1 aliphatic heterocycles. The van der Waals surface area contributed by atoms with Crippen LogP contribution in [0, 0.1) is 0 Å². The third-order valence-corrected chi connectivity index (χ3v) is 14.2. The molecule has 322 valence electrons. The molecule has 13 rings (SSSR count). The van der Waals surface area contributed by atoms with Gasteiger partial charge in [0.2, 0.25) is 0 Å². The number of ether oxygens (including phenoxy) is 1. The summed E-state index contributed by atoms with van der Waals surface area (Å²) in [5.41, 5.74) is 18.1. The molecule has 0 radical (unpaired) electrons. The first-order valence-corrected chi connectivity index (χ1v) is 23.6. The molecule has 3 heteroatoms. The molecule has 0 saturated carbocycles. The van der Waals surface area contributed by atoms with Crippen molar-refractivity contribution < 1.29 is 4.74 Å². The van der Waals surface area contributed by atoms with Crippen molar-refractivity contribution in [2.75, 3.05) is 9.80 Å². The van der Waals surface area contributed by atoms with E-state index in [0.717, 1.165) is 63.9 Å². The Bertz CT molecular complexity index is 3530. The number of allylic oxidation sites excluding steroid dienone is 4. The van der Waals surface area contributed by atoms with Crippen molar-refractivity contribution in [1.29, 1.82) is 0 Å². The minimum absolute atomic E-state index is 0.728. The van der Waals surface area contributed by atoms with Gasteiger partial charge in [0.25, 0.3) is 0 Å². The van der Waals surface area contributed by atoms with E-state index in [2.05, 4.69) is 265 Å². The van der Waals surface area contributed by atoms with Gasteiger partial charge in [-0.3, -0.25) is 0 Å². The van der Waals surface area contributed by atoms with Crippen LogP contribution in [0.5, 0.6) is 11.5 Å². The van der Waals surface area contributed by atoms with Crippen molar-refractivity contribution in [3.63, 3.8) is 0 Å². The van der Waals surface area contributed by atoms with Gasteiger partial charge >= 0.3 is 0 Å². The average Bonchev–Trinajstić information content (AvgIpc) is 3.70. The fourth-order valence-electron chi connectivity index (χ4n) is 11.2. The lowest BCUT2D eigenvalue weighted by Crippen LogP contribution is -2.32. The van der Waals surface area contributed by atoms with Crippen LogP contribution in [0.15, 0.2) is 261 Å². The molecule has 0 N–H and O–H groups in total. The first kappa shape index (κ1) is 39.7. The van der Waals surface area contributed by atoms with Crippen LogP contribution in [0.4, 0.5) is 28.4 Å². The molecule has 1 spiro atoms. The van der Waals surface area contributed by atoms with Crippen molar-refractivity contribution in [3.05, 3.63) is 283 Å². The number of nitrogens with zero attached hydrogens (tertiary/aromatic N) is 2. The minimum atomic E-state index is -0.728. The summed E-state index contributed by atoms with van der Waals surface area (Å²) < 4.78 is 6.90. The van der Waals surface area contributed by atoms with Crippen LogP contribution in [0.2, 0.25) is 0 Å². The molecule has 10 aromatic carbocycles. The predicted octanol–water partition coefficient (Wildman–Crippen LogP) is 17.5. The molecule has 0 fully saturated rings. The van der Waals surface area contributed by atoms with E-state index in [1.54, 1.807) is 0 Å². The van der Waals surface area contributed by atoms with Gasteiger partial charge in [-0.2, -0.15) is 0 Å². The van der Waals surface area contributed by atoms with Gasteiger partial charge in [0.05, 0.1) is 11.1 Å². The molecule has 1 heterocycles. The van der Waals surface area contributed by atoms with E-state index in [1.807, 2.05) is 0 Å². The van der Waals surface area contributed by atoms with Crippen LogP contribution < -0.4 is 14.5 Å². The van der Waals surface area contributed by atoms with E-state index >= 15 is 0 Å². The van der Waals surface area contributed by atoms with Gasteiger partial charge in [0.15, 0.2) is 0 Å². The van der Waals surface area contributed by atoms with E-state index in [1.165, 1.54) is 61.0 Å². The molecular weight excluding hydrogens is 825 g/mol. The van der Waals surface area contributed by atoms with E-state index in [4.69, 9.17) is 4.74 Å². The number of anilines is 5. The summed E-state index contributed by atoms with van der Waals surface area (Å²) in [4.78, 5) is 4.92. The lowest BCUT2D eigenvalue weighted by Gasteiger charge is -2.40. The number of para-hydroxylation sites is 3. The summed E-state index contributed by atoms with van der Waals surface area (Å²) in [6.45, 7) is 0. The van der Waals surface area contributed by atoms with Crippen LogP contribution in [-0.2, 0) is 5.41 Å². The number of benzene rings is 10. The first-order valence-electron chi connectivity index (χ1n) is 23.6. The van der Waals surface area contributed by atoms with Crippen LogP contribution in [0.3, 0.4) is 0 Å². The maximum absolute atomic E-state index is 6.90. The Hall–Kier alpha value is -8.66. The lowest BCUT2D eigenvalue weighted by molar-refractivity contribution is 0.436. The molecule has 2 aliphatic carbocycles. The first-order chi connectivity index (χ1) is 33.7. The standard InChI is InChI=1S/C65H46N2O/c1-5-19-45(20-6-1)47-33-37-51(38-34-47)66(49-23-9-3-10-24-49)53-41-42-56-59(43-53)65(57-29-15-17-31-62(57)68-63-32-18-16-30-58(63)65)60-44-61(54-27-13-14-28-55(54)64(56)60)67(50-25-11-4-12-26-50)52-39-35-48(36-40-52)46-21-7-2-8-22-46/h1-9,11-23,25-44H,10,24H2. The van der Waals surface area contributed by atoms with Crippen molar-refractivity contribution in [3.8, 4) is 44.9 Å². The minimum Gasteiger partial charge on any atom is -0.457 e. The summed E-state index contributed by atoms with van der Waals surface area (Å²) in [5.74, 6) is 1.74. The Kier molecular flexibility index (Phi) is 9.54. The van der Waals surface area contributed by atoms with Gasteiger partial charge in [-0.15, -0.1) is 0 Å². The highest BCUT2D eigenvalue weighted by Gasteiger charge is 2.52. The molecule has 0 bridgehead atoms. The maximum atomic E-state index is 6.90. The van der Waals surface area contributed by atoms with Crippen LogP contribution in [0.1, 0.15) is 35.1 Å². The summed E-state index contributed by atoms with van der Waals surface area (Å²) in [7, 11) is 0. The zero-order chi connectivity index (χ0) is 45.0. The Balaban J connectivity index is 1.08. The van der Waals surface area contributed by atoms with Crippen molar-refractivity contribution in [1.82, 2.24) is 0 Å². The van der Waals surface area contributed by atoms with Gasteiger partial charge in [-0.05, 0) is 136 Å². The highest BCUT2D eigenvalue weighted by Crippen LogP contribution is 2.65. The van der Waals surface area contributed by atoms with E-state index < -0.39 is 5.41 Å². The molecule has 68 heavy (non-hydrogen) atoms. The maximum Gasteiger partial charge on any atom is 0.132 e. The quantitative estimate of drug-likeness (QED) is 0.151.